The van der Waals surface area contributed by atoms with Crippen molar-refractivity contribution in [1.82, 2.24) is 5.06 Å². The predicted molar refractivity (Wildman–Crippen MR) is 47.8 cm³/mol. The van der Waals surface area contributed by atoms with Gasteiger partial charge in [-0.2, -0.15) is 0 Å². The molecule has 1 saturated heterocycles. The molecule has 2 N–H and O–H groups in total. The maximum Gasteiger partial charge on any atom is 0.0503 e. The lowest BCUT2D eigenvalue weighted by atomic mass is 9.66. The lowest BCUT2D eigenvalue weighted by Crippen LogP contribution is -2.63. The van der Waals surface area contributed by atoms with Gasteiger partial charge in [0.1, 0.15) is 0 Å². The molecular formula is C9H19N2O. The molecule has 1 aliphatic heterocycles. The van der Waals surface area contributed by atoms with Gasteiger partial charge < -0.3 is 5.73 Å². The number of nitrogens with zero attached hydrogens (tertiary/aromatic N) is 1. The fourth-order valence-electron chi connectivity index (χ4n) is 1.67. The van der Waals surface area contributed by atoms with Gasteiger partial charge in [-0.1, -0.05) is 13.8 Å². The van der Waals surface area contributed by atoms with E-state index in [4.69, 9.17) is 5.73 Å². The first-order chi connectivity index (χ1) is 5.30. The van der Waals surface area contributed by atoms with Crippen molar-refractivity contribution in [3.8, 4) is 0 Å². The van der Waals surface area contributed by atoms with Crippen molar-refractivity contribution in [2.75, 3.05) is 6.54 Å². The van der Waals surface area contributed by atoms with Crippen LogP contribution in [0.3, 0.4) is 0 Å². The molecule has 1 aliphatic rings. The van der Waals surface area contributed by atoms with Crippen LogP contribution in [0.5, 0.6) is 0 Å². The molecule has 0 bridgehead atoms. The van der Waals surface area contributed by atoms with Crippen molar-refractivity contribution < 1.29 is 5.21 Å². The first-order valence-corrected chi connectivity index (χ1v) is 4.50. The Kier molecular flexibility index (Phi) is 2.23. The minimum absolute atomic E-state index is 0.104. The standard InChI is InChI=1S/C9H19N2O/c1-8(2)7(10)5-6-11(12)9(8,3)4/h7H,5-6,10H2,1-4H3. The molecule has 0 amide bonds. The van der Waals surface area contributed by atoms with Crippen LogP contribution in [0.15, 0.2) is 0 Å². The molecule has 12 heavy (non-hydrogen) atoms. The molecule has 1 radical (unpaired) electrons. The molecule has 3 nitrogen and oxygen atoms in total. The molecule has 0 spiro atoms. The molecule has 1 atom stereocenters. The van der Waals surface area contributed by atoms with Crippen molar-refractivity contribution in [3.63, 3.8) is 0 Å². The van der Waals surface area contributed by atoms with Gasteiger partial charge in [0.2, 0.25) is 0 Å². The Morgan fingerprint density at radius 2 is 1.83 bits per heavy atom. The van der Waals surface area contributed by atoms with Crippen LogP contribution < -0.4 is 5.73 Å². The van der Waals surface area contributed by atoms with Crippen molar-refractivity contribution >= 4 is 0 Å². The summed E-state index contributed by atoms with van der Waals surface area (Å²) in [7, 11) is 0. The molecule has 3 heteroatoms. The second kappa shape index (κ2) is 2.69. The summed E-state index contributed by atoms with van der Waals surface area (Å²) in [5.74, 6) is 0. The Labute approximate surface area is 74.5 Å². The quantitative estimate of drug-likeness (QED) is 0.594. The molecule has 0 aromatic rings. The molecule has 0 aliphatic carbocycles. The van der Waals surface area contributed by atoms with E-state index >= 15 is 0 Å². The number of piperidine rings is 1. The summed E-state index contributed by atoms with van der Waals surface area (Å²) in [6.45, 7) is 8.65. The lowest BCUT2D eigenvalue weighted by molar-refractivity contribution is -0.266. The highest BCUT2D eigenvalue weighted by Crippen LogP contribution is 2.41. The van der Waals surface area contributed by atoms with E-state index in [9.17, 15) is 5.21 Å². The highest BCUT2D eigenvalue weighted by atomic mass is 16.5. The molecule has 0 saturated carbocycles. The Morgan fingerprint density at radius 3 is 2.25 bits per heavy atom. The average molecular weight is 171 g/mol. The lowest BCUT2D eigenvalue weighted by Gasteiger charge is -2.52. The molecule has 1 rings (SSSR count). The first kappa shape index (κ1) is 9.96. The minimum Gasteiger partial charge on any atom is -0.327 e. The van der Waals surface area contributed by atoms with Gasteiger partial charge in [-0.15, -0.1) is 10.3 Å². The summed E-state index contributed by atoms with van der Waals surface area (Å²) in [5.41, 5.74) is 5.54. The van der Waals surface area contributed by atoms with E-state index in [0.717, 1.165) is 11.5 Å². The highest BCUT2D eigenvalue weighted by Gasteiger charge is 2.49. The summed E-state index contributed by atoms with van der Waals surface area (Å²) >= 11 is 0. The van der Waals surface area contributed by atoms with Gasteiger partial charge in [0.05, 0.1) is 5.54 Å². The Hall–Kier alpha value is -0.120. The van der Waals surface area contributed by atoms with Gasteiger partial charge in [-0.25, -0.2) is 0 Å². The van der Waals surface area contributed by atoms with Gasteiger partial charge in [-0.3, -0.25) is 0 Å². The van der Waals surface area contributed by atoms with E-state index in [1.807, 2.05) is 13.8 Å². The fourth-order valence-corrected chi connectivity index (χ4v) is 1.67. The largest absolute Gasteiger partial charge is 0.327 e. The molecule has 1 fully saturated rings. The Bertz CT molecular complexity index is 157. The molecule has 71 valence electrons. The average Bonchev–Trinajstić information content (AvgIpc) is 1.96. The van der Waals surface area contributed by atoms with Crippen LogP contribution >= 0.6 is 0 Å². The zero-order chi connectivity index (χ0) is 9.57. The summed E-state index contributed by atoms with van der Waals surface area (Å²) in [5, 5.41) is 12.7. The monoisotopic (exact) mass is 171 g/mol. The number of hydroxylamine groups is 2. The zero-order valence-corrected chi connectivity index (χ0v) is 8.42. The normalized spacial score (nSPS) is 35.0. The van der Waals surface area contributed by atoms with E-state index in [2.05, 4.69) is 13.8 Å². The van der Waals surface area contributed by atoms with Crippen molar-refractivity contribution in [2.45, 2.75) is 45.7 Å². The highest BCUT2D eigenvalue weighted by molar-refractivity contribution is 5.02. The van der Waals surface area contributed by atoms with E-state index in [1.54, 1.807) is 0 Å². The molecule has 1 heterocycles. The molecular weight excluding hydrogens is 152 g/mol. The van der Waals surface area contributed by atoms with Crippen LogP contribution in [-0.2, 0) is 5.21 Å². The summed E-state index contributed by atoms with van der Waals surface area (Å²) in [4.78, 5) is 0. The van der Waals surface area contributed by atoms with Gasteiger partial charge in [-0.05, 0) is 20.3 Å². The third-order valence-corrected chi connectivity index (χ3v) is 3.77. The third-order valence-electron chi connectivity index (χ3n) is 3.77. The van der Waals surface area contributed by atoms with Gasteiger partial charge in [0.15, 0.2) is 0 Å². The number of hydrogen-bond acceptors (Lipinski definition) is 2. The van der Waals surface area contributed by atoms with E-state index in [0.29, 0.717) is 6.54 Å². The fraction of sp³-hybridized carbons (Fsp3) is 1.00. The number of hydrogen-bond donors (Lipinski definition) is 1. The van der Waals surface area contributed by atoms with Gasteiger partial charge >= 0.3 is 0 Å². The maximum absolute atomic E-state index is 11.5. The van der Waals surface area contributed by atoms with E-state index in [-0.39, 0.29) is 17.0 Å². The van der Waals surface area contributed by atoms with E-state index < -0.39 is 0 Å². The topological polar surface area (TPSA) is 49.2 Å². The van der Waals surface area contributed by atoms with Crippen LogP contribution in [0.2, 0.25) is 0 Å². The Morgan fingerprint density at radius 1 is 1.33 bits per heavy atom. The van der Waals surface area contributed by atoms with Crippen LogP contribution in [0.4, 0.5) is 0 Å². The minimum atomic E-state index is -0.343. The predicted octanol–water partition coefficient (Wildman–Crippen LogP) is 1.17. The van der Waals surface area contributed by atoms with Gasteiger partial charge in [0, 0.05) is 18.0 Å². The number of nitrogens with two attached hydrogens (primary N) is 1. The van der Waals surface area contributed by atoms with Crippen LogP contribution in [0.25, 0.3) is 0 Å². The summed E-state index contributed by atoms with van der Waals surface area (Å²) in [6, 6.07) is 0.137. The second-order valence-corrected chi connectivity index (χ2v) is 4.78. The van der Waals surface area contributed by atoms with E-state index in [1.165, 1.54) is 0 Å². The molecule has 0 aromatic heterocycles. The maximum atomic E-state index is 11.5. The third kappa shape index (κ3) is 1.16. The summed E-state index contributed by atoms with van der Waals surface area (Å²) < 4.78 is 0. The van der Waals surface area contributed by atoms with Crippen molar-refractivity contribution in [1.29, 1.82) is 0 Å². The summed E-state index contributed by atoms with van der Waals surface area (Å²) in [6.07, 6.45) is 0.805. The molecule has 0 aromatic carbocycles. The van der Waals surface area contributed by atoms with Crippen molar-refractivity contribution in [2.24, 2.45) is 11.1 Å². The molecule has 1 unspecified atom stereocenters. The van der Waals surface area contributed by atoms with Crippen LogP contribution in [0.1, 0.15) is 34.1 Å². The zero-order valence-electron chi connectivity index (χ0n) is 8.42. The second-order valence-electron chi connectivity index (χ2n) is 4.78. The van der Waals surface area contributed by atoms with Crippen molar-refractivity contribution in [3.05, 3.63) is 0 Å². The first-order valence-electron chi connectivity index (χ1n) is 4.50. The van der Waals surface area contributed by atoms with Crippen LogP contribution in [-0.4, -0.2) is 23.2 Å². The van der Waals surface area contributed by atoms with Gasteiger partial charge in [0.25, 0.3) is 0 Å². The Balaban J connectivity index is 2.92. The smallest absolute Gasteiger partial charge is 0.0503 e. The SMILES string of the molecule is CC1(C)C(N)CCN([O])C1(C)C. The number of rotatable bonds is 0. The van der Waals surface area contributed by atoms with Crippen LogP contribution in [0, 0.1) is 5.41 Å².